The van der Waals surface area contributed by atoms with Crippen LogP contribution in [0.3, 0.4) is 0 Å². The van der Waals surface area contributed by atoms with Crippen LogP contribution in [0.1, 0.15) is 18.9 Å². The smallest absolute Gasteiger partial charge is 0.131 e. The maximum Gasteiger partial charge on any atom is 0.131 e. The van der Waals surface area contributed by atoms with Gasteiger partial charge in [-0.1, -0.05) is 13.0 Å². The molecule has 0 unspecified atom stereocenters. The molecule has 0 atom stereocenters. The minimum Gasteiger partial charge on any atom is -0.386 e. The fourth-order valence-corrected chi connectivity index (χ4v) is 1.85. The lowest BCUT2D eigenvalue weighted by atomic mass is 9.91. The monoisotopic (exact) mass is 192 g/mol. The summed E-state index contributed by atoms with van der Waals surface area (Å²) in [5.41, 5.74) is 0.690. The Morgan fingerprint density at radius 1 is 1.57 bits per heavy atom. The van der Waals surface area contributed by atoms with Gasteiger partial charge < -0.3 is 10.0 Å². The number of hydrogen-bond donors (Lipinski definition) is 1. The molecule has 1 aliphatic heterocycles. The summed E-state index contributed by atoms with van der Waals surface area (Å²) in [6.07, 6.45) is 2.61. The van der Waals surface area contributed by atoms with E-state index < -0.39 is 5.60 Å². The van der Waals surface area contributed by atoms with Gasteiger partial charge in [0.15, 0.2) is 0 Å². The number of hydrogen-bond acceptors (Lipinski definition) is 3. The van der Waals surface area contributed by atoms with Crippen LogP contribution in [0.15, 0.2) is 18.3 Å². The average molecular weight is 192 g/mol. The quantitative estimate of drug-likeness (QED) is 0.768. The number of aliphatic hydroxyl groups is 1. The molecule has 1 fully saturated rings. The van der Waals surface area contributed by atoms with Gasteiger partial charge in [0, 0.05) is 19.3 Å². The number of aromatic nitrogens is 1. The Morgan fingerprint density at radius 2 is 2.29 bits per heavy atom. The van der Waals surface area contributed by atoms with E-state index in [1.54, 1.807) is 6.20 Å². The van der Waals surface area contributed by atoms with E-state index >= 15 is 0 Å². The Kier molecular flexibility index (Phi) is 2.19. The molecular formula is C11H16N2O. The highest BCUT2D eigenvalue weighted by Gasteiger charge is 2.40. The molecule has 76 valence electrons. The van der Waals surface area contributed by atoms with Gasteiger partial charge in [0.2, 0.25) is 0 Å². The third kappa shape index (κ3) is 1.48. The molecule has 0 amide bonds. The number of rotatable bonds is 2. The standard InChI is InChI=1S/C11H16N2O/c1-3-11(14)7-13(8-11)10-9(2)5-4-6-12-10/h4-6,14H,3,7-8H2,1-2H3. The zero-order valence-corrected chi connectivity index (χ0v) is 8.70. The lowest BCUT2D eigenvalue weighted by Gasteiger charge is -2.47. The molecule has 0 spiro atoms. The highest BCUT2D eigenvalue weighted by atomic mass is 16.3. The van der Waals surface area contributed by atoms with Crippen molar-refractivity contribution in [1.82, 2.24) is 4.98 Å². The normalized spacial score (nSPS) is 19.2. The van der Waals surface area contributed by atoms with Crippen LogP contribution in [0, 0.1) is 6.92 Å². The fourth-order valence-electron chi connectivity index (χ4n) is 1.85. The Bertz CT molecular complexity index is 332. The summed E-state index contributed by atoms with van der Waals surface area (Å²) in [6.45, 7) is 5.48. The molecule has 1 aromatic rings. The third-order valence-electron chi connectivity index (χ3n) is 2.91. The van der Waals surface area contributed by atoms with Crippen LogP contribution in [0.25, 0.3) is 0 Å². The van der Waals surface area contributed by atoms with Gasteiger partial charge in [0.05, 0.1) is 5.60 Å². The molecule has 1 saturated heterocycles. The van der Waals surface area contributed by atoms with Crippen LogP contribution in [0.5, 0.6) is 0 Å². The van der Waals surface area contributed by atoms with Crippen LogP contribution in [-0.2, 0) is 0 Å². The molecule has 0 aromatic carbocycles. The van der Waals surface area contributed by atoms with Crippen molar-refractivity contribution >= 4 is 5.82 Å². The van der Waals surface area contributed by atoms with Crippen molar-refractivity contribution in [2.75, 3.05) is 18.0 Å². The van der Waals surface area contributed by atoms with Gasteiger partial charge in [-0.05, 0) is 25.0 Å². The van der Waals surface area contributed by atoms with Gasteiger partial charge in [-0.2, -0.15) is 0 Å². The summed E-state index contributed by atoms with van der Waals surface area (Å²) in [5, 5.41) is 9.87. The molecule has 2 rings (SSSR count). The van der Waals surface area contributed by atoms with E-state index in [1.807, 2.05) is 26.0 Å². The number of β-amino-alcohol motifs (C(OH)–C–C–N with tert-alkyl or cyclic N) is 1. The summed E-state index contributed by atoms with van der Waals surface area (Å²) >= 11 is 0. The Balaban J connectivity index is 2.10. The van der Waals surface area contributed by atoms with Crippen molar-refractivity contribution < 1.29 is 5.11 Å². The third-order valence-corrected chi connectivity index (χ3v) is 2.91. The minimum absolute atomic E-state index is 0.482. The van der Waals surface area contributed by atoms with E-state index in [1.165, 1.54) is 5.56 Å². The topological polar surface area (TPSA) is 36.4 Å². The molecule has 1 aromatic heterocycles. The maximum absolute atomic E-state index is 9.87. The first-order valence-electron chi connectivity index (χ1n) is 5.03. The van der Waals surface area contributed by atoms with Crippen molar-refractivity contribution in [2.45, 2.75) is 25.9 Å². The molecule has 3 nitrogen and oxygen atoms in total. The van der Waals surface area contributed by atoms with Crippen molar-refractivity contribution in [3.8, 4) is 0 Å². The molecule has 3 heteroatoms. The number of aryl methyl sites for hydroxylation is 1. The molecule has 0 aliphatic carbocycles. The summed E-state index contributed by atoms with van der Waals surface area (Å²) in [6, 6.07) is 3.98. The first-order valence-corrected chi connectivity index (χ1v) is 5.03. The summed E-state index contributed by atoms with van der Waals surface area (Å²) in [4.78, 5) is 6.44. The van der Waals surface area contributed by atoms with Gasteiger partial charge in [-0.25, -0.2) is 4.98 Å². The molecule has 0 bridgehead atoms. The summed E-state index contributed by atoms with van der Waals surface area (Å²) in [5.74, 6) is 1.01. The Labute approximate surface area is 84.4 Å². The van der Waals surface area contributed by atoms with Crippen LogP contribution < -0.4 is 4.90 Å². The molecule has 1 aliphatic rings. The van der Waals surface area contributed by atoms with Gasteiger partial charge in [0.1, 0.15) is 5.82 Å². The average Bonchev–Trinajstić information content (AvgIpc) is 2.14. The molecule has 14 heavy (non-hydrogen) atoms. The second-order valence-electron chi connectivity index (χ2n) is 4.08. The van der Waals surface area contributed by atoms with E-state index in [0.717, 1.165) is 12.2 Å². The van der Waals surface area contributed by atoms with E-state index in [9.17, 15) is 5.11 Å². The largest absolute Gasteiger partial charge is 0.386 e. The van der Waals surface area contributed by atoms with Crippen LogP contribution in [-0.4, -0.2) is 28.8 Å². The first kappa shape index (κ1) is 9.46. The summed E-state index contributed by atoms with van der Waals surface area (Å²) in [7, 11) is 0. The SMILES string of the molecule is CCC1(O)CN(c2ncccc2C)C1. The van der Waals surface area contributed by atoms with Gasteiger partial charge in [-0.15, -0.1) is 0 Å². The van der Waals surface area contributed by atoms with E-state index in [0.29, 0.717) is 13.1 Å². The summed E-state index contributed by atoms with van der Waals surface area (Å²) < 4.78 is 0. The lowest BCUT2D eigenvalue weighted by Crippen LogP contribution is -2.62. The minimum atomic E-state index is -0.482. The maximum atomic E-state index is 9.87. The van der Waals surface area contributed by atoms with E-state index in [-0.39, 0.29) is 0 Å². The number of anilines is 1. The van der Waals surface area contributed by atoms with E-state index in [2.05, 4.69) is 9.88 Å². The Hall–Kier alpha value is -1.09. The lowest BCUT2D eigenvalue weighted by molar-refractivity contribution is 0.00800. The molecule has 0 radical (unpaired) electrons. The second kappa shape index (κ2) is 3.24. The second-order valence-corrected chi connectivity index (χ2v) is 4.08. The van der Waals surface area contributed by atoms with E-state index in [4.69, 9.17) is 0 Å². The Morgan fingerprint density at radius 3 is 2.86 bits per heavy atom. The van der Waals surface area contributed by atoms with Crippen molar-refractivity contribution in [2.24, 2.45) is 0 Å². The van der Waals surface area contributed by atoms with Crippen LogP contribution in [0.4, 0.5) is 5.82 Å². The van der Waals surface area contributed by atoms with Gasteiger partial charge in [0.25, 0.3) is 0 Å². The first-order chi connectivity index (χ1) is 6.64. The predicted octanol–water partition coefficient (Wildman–Crippen LogP) is 1.35. The van der Waals surface area contributed by atoms with Crippen molar-refractivity contribution in [3.63, 3.8) is 0 Å². The van der Waals surface area contributed by atoms with Gasteiger partial charge in [-0.3, -0.25) is 0 Å². The zero-order chi connectivity index (χ0) is 10.2. The van der Waals surface area contributed by atoms with Crippen molar-refractivity contribution in [3.05, 3.63) is 23.9 Å². The molecule has 1 N–H and O–H groups in total. The number of nitrogens with zero attached hydrogens (tertiary/aromatic N) is 2. The molecule has 0 saturated carbocycles. The zero-order valence-electron chi connectivity index (χ0n) is 8.70. The van der Waals surface area contributed by atoms with Gasteiger partial charge >= 0.3 is 0 Å². The van der Waals surface area contributed by atoms with Crippen LogP contribution in [0.2, 0.25) is 0 Å². The van der Waals surface area contributed by atoms with Crippen molar-refractivity contribution in [1.29, 1.82) is 0 Å². The highest BCUT2D eigenvalue weighted by Crippen LogP contribution is 2.29. The fraction of sp³-hybridized carbons (Fsp3) is 0.545. The number of pyridine rings is 1. The highest BCUT2D eigenvalue weighted by molar-refractivity contribution is 5.49. The predicted molar refractivity (Wildman–Crippen MR) is 56.4 cm³/mol. The molecule has 2 heterocycles. The van der Waals surface area contributed by atoms with Crippen LogP contribution >= 0.6 is 0 Å². The molecular weight excluding hydrogens is 176 g/mol.